The molecule has 0 fully saturated rings. The minimum atomic E-state index is 0.00500. The first kappa shape index (κ1) is 15.4. The molecule has 2 aromatic carbocycles. The lowest BCUT2D eigenvalue weighted by Crippen LogP contribution is -2.25. The molecule has 3 aromatic rings. The number of nitrogens with two attached hydrogens (primary N) is 1. The van der Waals surface area contributed by atoms with E-state index in [-0.39, 0.29) is 5.56 Å². The number of fused-ring (bicyclic) bond motifs is 1. The molecule has 0 unspecified atom stereocenters. The molecule has 0 aliphatic rings. The lowest BCUT2D eigenvalue weighted by molar-refractivity contribution is 0.631. The van der Waals surface area contributed by atoms with Crippen molar-refractivity contribution in [2.45, 2.75) is 26.8 Å². The number of hydrogen-bond acceptors (Lipinski definition) is 3. The summed E-state index contributed by atoms with van der Waals surface area (Å²) in [4.78, 5) is 17.8. The molecule has 0 amide bonds. The van der Waals surface area contributed by atoms with Crippen LogP contribution in [-0.2, 0) is 6.54 Å². The summed E-state index contributed by atoms with van der Waals surface area (Å²) in [6.45, 7) is 5.15. The molecule has 0 saturated carbocycles. The fourth-order valence-electron chi connectivity index (χ4n) is 2.82. The summed E-state index contributed by atoms with van der Waals surface area (Å²) in [5.41, 5.74) is 9.54. The van der Waals surface area contributed by atoms with Gasteiger partial charge in [0.2, 0.25) is 0 Å². The monoisotopic (exact) mass is 307 g/mol. The molecule has 0 aliphatic carbocycles. The van der Waals surface area contributed by atoms with Crippen molar-refractivity contribution in [3.05, 3.63) is 63.9 Å². The maximum Gasteiger partial charge on any atom is 0.261 e. The van der Waals surface area contributed by atoms with E-state index in [0.29, 0.717) is 18.5 Å². The summed E-state index contributed by atoms with van der Waals surface area (Å²) in [6, 6.07) is 13.8. The Kier molecular flexibility index (Phi) is 4.26. The number of benzene rings is 2. The summed E-state index contributed by atoms with van der Waals surface area (Å²) in [6.07, 6.45) is 0.748. The molecule has 0 radical (unpaired) electrons. The second-order valence-electron chi connectivity index (χ2n) is 5.87. The highest BCUT2D eigenvalue weighted by Gasteiger charge is 2.14. The van der Waals surface area contributed by atoms with Crippen LogP contribution < -0.4 is 11.3 Å². The Morgan fingerprint density at radius 1 is 1.13 bits per heavy atom. The Hall–Kier alpha value is -2.46. The van der Waals surface area contributed by atoms with Crippen LogP contribution in [0.15, 0.2) is 47.3 Å². The van der Waals surface area contributed by atoms with Gasteiger partial charge in [-0.2, -0.15) is 0 Å². The Morgan fingerprint density at radius 2 is 1.91 bits per heavy atom. The van der Waals surface area contributed by atoms with Crippen LogP contribution in [0.3, 0.4) is 0 Å². The van der Waals surface area contributed by atoms with Gasteiger partial charge in [-0.05, 0) is 44.5 Å². The molecule has 2 N–H and O–H groups in total. The first-order chi connectivity index (χ1) is 11.1. The standard InChI is InChI=1S/C19H21N3O/c1-13-8-9-17-16(12-13)19(23)22(11-5-10-20)18(21-17)15-7-4-3-6-14(15)2/h3-4,6-9,12H,5,10-11,20H2,1-2H3. The van der Waals surface area contributed by atoms with Crippen molar-refractivity contribution in [3.8, 4) is 11.4 Å². The number of rotatable bonds is 4. The van der Waals surface area contributed by atoms with E-state index in [4.69, 9.17) is 10.7 Å². The van der Waals surface area contributed by atoms with E-state index >= 15 is 0 Å². The van der Waals surface area contributed by atoms with Gasteiger partial charge < -0.3 is 5.73 Å². The van der Waals surface area contributed by atoms with Crippen molar-refractivity contribution in [3.63, 3.8) is 0 Å². The van der Waals surface area contributed by atoms with Crippen LogP contribution in [0.2, 0.25) is 0 Å². The predicted octanol–water partition coefficient (Wildman–Crippen LogP) is 3.03. The third-order valence-electron chi connectivity index (χ3n) is 4.08. The van der Waals surface area contributed by atoms with Crippen molar-refractivity contribution in [1.29, 1.82) is 0 Å². The molecule has 23 heavy (non-hydrogen) atoms. The third-order valence-corrected chi connectivity index (χ3v) is 4.08. The molecule has 0 bridgehead atoms. The maximum atomic E-state index is 13.0. The Labute approximate surface area is 135 Å². The highest BCUT2D eigenvalue weighted by molar-refractivity contribution is 5.80. The highest BCUT2D eigenvalue weighted by Crippen LogP contribution is 2.23. The fraction of sp³-hybridized carbons (Fsp3) is 0.263. The smallest absolute Gasteiger partial charge is 0.261 e. The zero-order valence-electron chi connectivity index (χ0n) is 13.5. The van der Waals surface area contributed by atoms with Crippen molar-refractivity contribution >= 4 is 10.9 Å². The molecule has 1 heterocycles. The van der Waals surface area contributed by atoms with Gasteiger partial charge in [-0.3, -0.25) is 9.36 Å². The number of aryl methyl sites for hydroxylation is 2. The quantitative estimate of drug-likeness (QED) is 0.806. The molecule has 0 aliphatic heterocycles. The molecular formula is C19H21N3O. The van der Waals surface area contributed by atoms with Crippen LogP contribution in [0.1, 0.15) is 17.5 Å². The second kappa shape index (κ2) is 6.34. The van der Waals surface area contributed by atoms with Crippen molar-refractivity contribution in [2.75, 3.05) is 6.54 Å². The van der Waals surface area contributed by atoms with E-state index < -0.39 is 0 Å². The summed E-state index contributed by atoms with van der Waals surface area (Å²) < 4.78 is 1.76. The highest BCUT2D eigenvalue weighted by atomic mass is 16.1. The van der Waals surface area contributed by atoms with Gasteiger partial charge in [0.25, 0.3) is 5.56 Å². The predicted molar refractivity (Wildman–Crippen MR) is 94.6 cm³/mol. The minimum Gasteiger partial charge on any atom is -0.330 e. The van der Waals surface area contributed by atoms with Gasteiger partial charge >= 0.3 is 0 Å². The van der Waals surface area contributed by atoms with E-state index in [2.05, 4.69) is 0 Å². The van der Waals surface area contributed by atoms with E-state index in [0.717, 1.165) is 34.5 Å². The number of aromatic nitrogens is 2. The van der Waals surface area contributed by atoms with E-state index in [1.165, 1.54) is 0 Å². The summed E-state index contributed by atoms with van der Waals surface area (Å²) in [5.74, 6) is 0.720. The van der Waals surface area contributed by atoms with E-state index in [1.807, 2.05) is 56.3 Å². The van der Waals surface area contributed by atoms with E-state index in [9.17, 15) is 4.79 Å². The van der Waals surface area contributed by atoms with E-state index in [1.54, 1.807) is 4.57 Å². The molecule has 0 spiro atoms. The average Bonchev–Trinajstić information content (AvgIpc) is 2.55. The topological polar surface area (TPSA) is 60.9 Å². The van der Waals surface area contributed by atoms with Crippen molar-refractivity contribution in [1.82, 2.24) is 9.55 Å². The van der Waals surface area contributed by atoms with Crippen molar-refractivity contribution < 1.29 is 0 Å². The summed E-state index contributed by atoms with van der Waals surface area (Å²) >= 11 is 0. The number of hydrogen-bond donors (Lipinski definition) is 1. The van der Waals surface area contributed by atoms with Gasteiger partial charge in [0.05, 0.1) is 10.9 Å². The molecular weight excluding hydrogens is 286 g/mol. The zero-order chi connectivity index (χ0) is 16.4. The van der Waals surface area contributed by atoms with Crippen LogP contribution in [-0.4, -0.2) is 16.1 Å². The molecule has 3 rings (SSSR count). The normalized spacial score (nSPS) is 11.1. The Bertz CT molecular complexity index is 912. The van der Waals surface area contributed by atoms with Gasteiger partial charge in [-0.15, -0.1) is 0 Å². The number of nitrogens with zero attached hydrogens (tertiary/aromatic N) is 2. The van der Waals surface area contributed by atoms with Crippen LogP contribution in [0.4, 0.5) is 0 Å². The fourth-order valence-corrected chi connectivity index (χ4v) is 2.82. The zero-order valence-corrected chi connectivity index (χ0v) is 13.5. The lowest BCUT2D eigenvalue weighted by Gasteiger charge is -2.15. The molecule has 0 saturated heterocycles. The molecule has 4 nitrogen and oxygen atoms in total. The Morgan fingerprint density at radius 3 is 2.65 bits per heavy atom. The molecule has 0 atom stereocenters. The largest absolute Gasteiger partial charge is 0.330 e. The first-order valence-corrected chi connectivity index (χ1v) is 7.89. The van der Waals surface area contributed by atoms with Gasteiger partial charge in [0.1, 0.15) is 5.82 Å². The summed E-state index contributed by atoms with van der Waals surface area (Å²) in [5, 5.41) is 0.666. The average molecular weight is 307 g/mol. The molecule has 118 valence electrons. The minimum absolute atomic E-state index is 0.00500. The van der Waals surface area contributed by atoms with Gasteiger partial charge in [-0.25, -0.2) is 4.98 Å². The first-order valence-electron chi connectivity index (χ1n) is 7.89. The van der Waals surface area contributed by atoms with Gasteiger partial charge in [-0.1, -0.05) is 35.9 Å². The molecule has 4 heteroatoms. The SMILES string of the molecule is Cc1ccc2nc(-c3ccccc3C)n(CCCN)c(=O)c2c1. The van der Waals surface area contributed by atoms with Crippen LogP contribution in [0, 0.1) is 13.8 Å². The second-order valence-corrected chi connectivity index (χ2v) is 5.87. The van der Waals surface area contributed by atoms with Crippen LogP contribution in [0.5, 0.6) is 0 Å². The summed E-state index contributed by atoms with van der Waals surface area (Å²) in [7, 11) is 0. The third kappa shape index (κ3) is 2.90. The van der Waals surface area contributed by atoms with Gasteiger partial charge in [0.15, 0.2) is 0 Å². The van der Waals surface area contributed by atoms with Crippen molar-refractivity contribution in [2.24, 2.45) is 5.73 Å². The van der Waals surface area contributed by atoms with Crippen LogP contribution in [0.25, 0.3) is 22.3 Å². The van der Waals surface area contributed by atoms with Crippen LogP contribution >= 0.6 is 0 Å². The maximum absolute atomic E-state index is 13.0. The molecule has 1 aromatic heterocycles. The Balaban J connectivity index is 2.33. The lowest BCUT2D eigenvalue weighted by atomic mass is 10.1. The van der Waals surface area contributed by atoms with Gasteiger partial charge in [0, 0.05) is 12.1 Å².